The van der Waals surface area contributed by atoms with Crippen molar-refractivity contribution in [3.8, 4) is 5.88 Å². The predicted octanol–water partition coefficient (Wildman–Crippen LogP) is 4.33. The van der Waals surface area contributed by atoms with Crippen LogP contribution in [0.1, 0.15) is 5.76 Å². The molecule has 1 aromatic heterocycles. The molecule has 100 valence electrons. The second kappa shape index (κ2) is 6.14. The average Bonchev–Trinajstić information content (AvgIpc) is 2.81. The van der Waals surface area contributed by atoms with Gasteiger partial charge in [-0.3, -0.25) is 5.32 Å². The first kappa shape index (κ1) is 14.0. The fourth-order valence-electron chi connectivity index (χ4n) is 1.22. The Bertz CT molecular complexity index is 601. The van der Waals surface area contributed by atoms with Crippen molar-refractivity contribution in [2.75, 3.05) is 5.32 Å². The molecular weight excluding hydrogens is 314 g/mol. The molecule has 0 saturated heterocycles. The quantitative estimate of drug-likeness (QED) is 0.855. The number of carbonyl (C=O) groups excluding carboxylic acids is 1. The maximum absolute atomic E-state index is 11.6. The van der Waals surface area contributed by atoms with Gasteiger partial charge in [0.05, 0.1) is 15.9 Å². The molecular formula is C11H7Cl3N2O3. The molecule has 8 heteroatoms. The Kier molecular flexibility index (Phi) is 4.52. The van der Waals surface area contributed by atoms with E-state index in [2.05, 4.69) is 10.5 Å². The SMILES string of the molecule is O=C(Nc1ccc(Cl)c(Cl)c1)Oc1cc(CCl)on1. The van der Waals surface area contributed by atoms with Crippen molar-refractivity contribution in [2.45, 2.75) is 5.88 Å². The average molecular weight is 322 g/mol. The van der Waals surface area contributed by atoms with Gasteiger partial charge in [0.25, 0.3) is 5.88 Å². The van der Waals surface area contributed by atoms with E-state index in [1.54, 1.807) is 12.1 Å². The van der Waals surface area contributed by atoms with Crippen molar-refractivity contribution in [1.82, 2.24) is 5.16 Å². The van der Waals surface area contributed by atoms with Gasteiger partial charge in [0.2, 0.25) is 0 Å². The maximum Gasteiger partial charge on any atom is 0.418 e. The molecule has 0 radical (unpaired) electrons. The molecule has 19 heavy (non-hydrogen) atoms. The van der Waals surface area contributed by atoms with Crippen LogP contribution < -0.4 is 10.1 Å². The second-order valence-electron chi connectivity index (χ2n) is 3.41. The molecule has 5 nitrogen and oxygen atoms in total. The van der Waals surface area contributed by atoms with Crippen molar-refractivity contribution in [3.63, 3.8) is 0 Å². The van der Waals surface area contributed by atoms with Gasteiger partial charge in [-0.25, -0.2) is 4.79 Å². The van der Waals surface area contributed by atoms with Crippen LogP contribution in [0.25, 0.3) is 0 Å². The maximum atomic E-state index is 11.6. The highest BCUT2D eigenvalue weighted by Crippen LogP contribution is 2.25. The van der Waals surface area contributed by atoms with E-state index < -0.39 is 6.09 Å². The molecule has 0 aliphatic rings. The predicted molar refractivity (Wildman–Crippen MR) is 72.2 cm³/mol. The van der Waals surface area contributed by atoms with Crippen molar-refractivity contribution in [3.05, 3.63) is 40.1 Å². The number of aromatic nitrogens is 1. The van der Waals surface area contributed by atoms with Crippen LogP contribution in [0, 0.1) is 0 Å². The number of alkyl halides is 1. The van der Waals surface area contributed by atoms with Crippen LogP contribution in [-0.2, 0) is 5.88 Å². The Morgan fingerprint density at radius 2 is 2.11 bits per heavy atom. The van der Waals surface area contributed by atoms with E-state index in [0.717, 1.165) is 0 Å². The summed E-state index contributed by atoms with van der Waals surface area (Å²) >= 11 is 17.1. The number of anilines is 1. The number of amides is 1. The standard InChI is InChI=1S/C11H7Cl3N2O3/c12-5-7-4-10(16-19-7)18-11(17)15-6-1-2-8(13)9(14)3-6/h1-4H,5H2,(H,15,17). The molecule has 1 aromatic carbocycles. The number of carbonyl (C=O) groups is 1. The van der Waals surface area contributed by atoms with Crippen LogP contribution in [-0.4, -0.2) is 11.2 Å². The lowest BCUT2D eigenvalue weighted by Crippen LogP contribution is -2.16. The van der Waals surface area contributed by atoms with E-state index in [1.165, 1.54) is 12.1 Å². The van der Waals surface area contributed by atoms with E-state index in [9.17, 15) is 4.79 Å². The Morgan fingerprint density at radius 3 is 2.74 bits per heavy atom. The van der Waals surface area contributed by atoms with Crippen molar-refractivity contribution in [2.24, 2.45) is 0 Å². The highest BCUT2D eigenvalue weighted by Gasteiger charge is 2.10. The molecule has 1 heterocycles. The van der Waals surface area contributed by atoms with E-state index in [0.29, 0.717) is 21.5 Å². The number of rotatable bonds is 3. The number of nitrogens with one attached hydrogen (secondary N) is 1. The summed E-state index contributed by atoms with van der Waals surface area (Å²) in [5.74, 6) is 0.567. The van der Waals surface area contributed by atoms with E-state index in [4.69, 9.17) is 44.1 Å². The Hall–Kier alpha value is -1.43. The number of ether oxygens (including phenoxy) is 1. The van der Waals surface area contributed by atoms with Crippen LogP contribution >= 0.6 is 34.8 Å². The molecule has 0 saturated carbocycles. The van der Waals surface area contributed by atoms with Crippen LogP contribution in [0.2, 0.25) is 10.0 Å². The molecule has 0 spiro atoms. The van der Waals surface area contributed by atoms with E-state index in [-0.39, 0.29) is 11.8 Å². The largest absolute Gasteiger partial charge is 0.418 e. The number of benzene rings is 1. The molecule has 0 aliphatic heterocycles. The highest BCUT2D eigenvalue weighted by atomic mass is 35.5. The first-order valence-corrected chi connectivity index (χ1v) is 6.33. The Balaban J connectivity index is 1.98. The molecule has 0 bridgehead atoms. The van der Waals surface area contributed by atoms with Gasteiger partial charge in [0, 0.05) is 11.8 Å². The minimum Gasteiger partial charge on any atom is -0.388 e. The topological polar surface area (TPSA) is 64.4 Å². The summed E-state index contributed by atoms with van der Waals surface area (Å²) in [6.45, 7) is 0. The van der Waals surface area contributed by atoms with Gasteiger partial charge >= 0.3 is 6.09 Å². The van der Waals surface area contributed by atoms with E-state index in [1.807, 2.05) is 0 Å². The van der Waals surface area contributed by atoms with Crippen molar-refractivity contribution in [1.29, 1.82) is 0 Å². The zero-order chi connectivity index (χ0) is 13.8. The zero-order valence-electron chi connectivity index (χ0n) is 9.32. The van der Waals surface area contributed by atoms with E-state index >= 15 is 0 Å². The summed E-state index contributed by atoms with van der Waals surface area (Å²) in [5, 5.41) is 6.69. The second-order valence-corrected chi connectivity index (χ2v) is 4.49. The molecule has 0 unspecified atom stereocenters. The van der Waals surface area contributed by atoms with Gasteiger partial charge in [0.1, 0.15) is 0 Å². The van der Waals surface area contributed by atoms with Gasteiger partial charge in [-0.15, -0.1) is 11.6 Å². The lowest BCUT2D eigenvalue weighted by Gasteiger charge is -2.05. The highest BCUT2D eigenvalue weighted by molar-refractivity contribution is 6.42. The van der Waals surface area contributed by atoms with Crippen LogP contribution in [0.3, 0.4) is 0 Å². The minimum atomic E-state index is -0.729. The number of hydrogen-bond acceptors (Lipinski definition) is 4. The summed E-state index contributed by atoms with van der Waals surface area (Å²) in [5.41, 5.74) is 0.445. The summed E-state index contributed by atoms with van der Waals surface area (Å²) in [6.07, 6.45) is -0.729. The number of nitrogens with zero attached hydrogens (tertiary/aromatic N) is 1. The third-order valence-electron chi connectivity index (χ3n) is 2.03. The zero-order valence-corrected chi connectivity index (χ0v) is 11.6. The van der Waals surface area contributed by atoms with Crippen LogP contribution in [0.5, 0.6) is 5.88 Å². The fraction of sp³-hybridized carbons (Fsp3) is 0.0909. The smallest absolute Gasteiger partial charge is 0.388 e. The monoisotopic (exact) mass is 320 g/mol. The molecule has 2 aromatic rings. The molecule has 1 amide bonds. The molecule has 1 N–H and O–H groups in total. The molecule has 0 fully saturated rings. The van der Waals surface area contributed by atoms with Crippen molar-refractivity contribution < 1.29 is 14.1 Å². The first-order chi connectivity index (χ1) is 9.08. The van der Waals surface area contributed by atoms with Gasteiger partial charge in [0.15, 0.2) is 5.76 Å². The summed E-state index contributed by atoms with van der Waals surface area (Å²) < 4.78 is 9.66. The first-order valence-electron chi connectivity index (χ1n) is 5.04. The third kappa shape index (κ3) is 3.76. The lowest BCUT2D eigenvalue weighted by atomic mass is 10.3. The Labute approximate surface area is 123 Å². The normalized spacial score (nSPS) is 10.3. The Morgan fingerprint density at radius 1 is 1.32 bits per heavy atom. The third-order valence-corrected chi connectivity index (χ3v) is 3.03. The van der Waals surface area contributed by atoms with Crippen LogP contribution in [0.15, 0.2) is 28.8 Å². The number of halogens is 3. The van der Waals surface area contributed by atoms with Gasteiger partial charge in [-0.05, 0) is 23.4 Å². The fourth-order valence-corrected chi connectivity index (χ4v) is 1.64. The van der Waals surface area contributed by atoms with Crippen molar-refractivity contribution >= 4 is 46.6 Å². The minimum absolute atomic E-state index is 0.0215. The molecule has 0 atom stereocenters. The van der Waals surface area contributed by atoms with Gasteiger partial charge in [-0.1, -0.05) is 23.2 Å². The van der Waals surface area contributed by atoms with Crippen LogP contribution in [0.4, 0.5) is 10.5 Å². The molecule has 0 aliphatic carbocycles. The number of hydrogen-bond donors (Lipinski definition) is 1. The molecule has 2 rings (SSSR count). The lowest BCUT2D eigenvalue weighted by molar-refractivity contribution is 0.210. The summed E-state index contributed by atoms with van der Waals surface area (Å²) in [4.78, 5) is 11.6. The summed E-state index contributed by atoms with van der Waals surface area (Å²) in [6, 6.07) is 6.06. The van der Waals surface area contributed by atoms with Gasteiger partial charge < -0.3 is 9.26 Å². The summed E-state index contributed by atoms with van der Waals surface area (Å²) in [7, 11) is 0. The van der Waals surface area contributed by atoms with Gasteiger partial charge in [-0.2, -0.15) is 0 Å².